The third kappa shape index (κ3) is 3.30. The van der Waals surface area contributed by atoms with Crippen LogP contribution in [0.5, 0.6) is 0 Å². The Morgan fingerprint density at radius 2 is 1.82 bits per heavy atom. The number of hydrogen-bond acceptors (Lipinski definition) is 0. The average Bonchev–Trinajstić information content (AvgIpc) is 2.61. The first kappa shape index (κ1) is 14.2. The molecule has 1 N–H and O–H groups in total. The van der Waals surface area contributed by atoms with Gasteiger partial charge in [-0.2, -0.15) is 0 Å². The van der Waals surface area contributed by atoms with Gasteiger partial charge in [0.25, 0.3) is 0 Å². The smallest absolute Gasteiger partial charge is 0.180 e. The quantitative estimate of drug-likeness (QED) is 0.653. The summed E-state index contributed by atoms with van der Waals surface area (Å²) in [5, 5.41) is 0. The Balaban J connectivity index is 2.86. The maximum absolute atomic E-state index is 13.7. The molecule has 0 bridgehead atoms. The van der Waals surface area contributed by atoms with Crippen LogP contribution in [-0.4, -0.2) is 4.98 Å². The van der Waals surface area contributed by atoms with Gasteiger partial charge in [-0.1, -0.05) is 46.5 Å². The predicted octanol–water partition coefficient (Wildman–Crippen LogP) is 4.93. The molecule has 98 valence electrons. The minimum absolute atomic E-state index is 0.266. The molecule has 0 spiro atoms. The van der Waals surface area contributed by atoms with E-state index in [4.69, 9.17) is 0 Å². The van der Waals surface area contributed by atoms with Crippen LogP contribution >= 0.6 is 0 Å². The highest BCUT2D eigenvalue weighted by Crippen LogP contribution is 2.35. The summed E-state index contributed by atoms with van der Waals surface area (Å²) in [6.07, 6.45) is 7.24. The molecule has 1 rings (SSSR count). The summed E-state index contributed by atoms with van der Waals surface area (Å²) in [5.74, 6) is -1.46. The van der Waals surface area contributed by atoms with E-state index < -0.39 is 11.6 Å². The van der Waals surface area contributed by atoms with Crippen LogP contribution in [0.25, 0.3) is 0 Å². The summed E-state index contributed by atoms with van der Waals surface area (Å²) in [6.45, 7) is 6.25. The largest absolute Gasteiger partial charge is 0.359 e. The SMILES string of the molecule is CCCCCC(C)(CCC)c1[nH]cc(F)c1F. The minimum Gasteiger partial charge on any atom is -0.359 e. The van der Waals surface area contributed by atoms with Crippen LogP contribution in [0.1, 0.15) is 65.0 Å². The Morgan fingerprint density at radius 1 is 1.12 bits per heavy atom. The van der Waals surface area contributed by atoms with Crippen molar-refractivity contribution in [1.82, 2.24) is 4.98 Å². The molecule has 0 aliphatic rings. The van der Waals surface area contributed by atoms with Gasteiger partial charge in [-0.15, -0.1) is 0 Å². The normalized spacial score (nSPS) is 14.9. The Bertz CT molecular complexity index is 346. The molecule has 0 aliphatic carbocycles. The van der Waals surface area contributed by atoms with Crippen molar-refractivity contribution < 1.29 is 8.78 Å². The summed E-state index contributed by atoms with van der Waals surface area (Å²) < 4.78 is 26.8. The zero-order valence-electron chi connectivity index (χ0n) is 11.1. The molecule has 0 aromatic carbocycles. The third-order valence-electron chi connectivity index (χ3n) is 3.51. The fraction of sp³-hybridized carbons (Fsp3) is 0.714. The fourth-order valence-corrected chi connectivity index (χ4v) is 2.51. The van der Waals surface area contributed by atoms with E-state index in [1.807, 2.05) is 6.92 Å². The van der Waals surface area contributed by atoms with E-state index in [-0.39, 0.29) is 5.41 Å². The van der Waals surface area contributed by atoms with Crippen LogP contribution in [0.15, 0.2) is 6.20 Å². The Kier molecular flexibility index (Phi) is 5.16. The number of hydrogen-bond donors (Lipinski definition) is 1. The first-order chi connectivity index (χ1) is 8.05. The molecule has 1 aromatic rings. The lowest BCUT2D eigenvalue weighted by Gasteiger charge is -2.28. The van der Waals surface area contributed by atoms with Gasteiger partial charge in [0.2, 0.25) is 0 Å². The van der Waals surface area contributed by atoms with E-state index in [1.165, 1.54) is 0 Å². The first-order valence-electron chi connectivity index (χ1n) is 6.58. The van der Waals surface area contributed by atoms with E-state index >= 15 is 0 Å². The molecule has 0 aliphatic heterocycles. The Hall–Kier alpha value is -0.860. The number of unbranched alkanes of at least 4 members (excludes halogenated alkanes) is 2. The molecule has 0 amide bonds. The minimum atomic E-state index is -0.766. The van der Waals surface area contributed by atoms with Crippen molar-refractivity contribution in [2.24, 2.45) is 0 Å². The van der Waals surface area contributed by atoms with Crippen molar-refractivity contribution in [1.29, 1.82) is 0 Å². The molecule has 1 heterocycles. The highest BCUT2D eigenvalue weighted by atomic mass is 19.2. The van der Waals surface area contributed by atoms with E-state index in [0.717, 1.165) is 44.7 Å². The van der Waals surface area contributed by atoms with Gasteiger partial charge in [0.05, 0.1) is 5.69 Å². The second-order valence-electron chi connectivity index (χ2n) is 5.09. The molecule has 1 nitrogen and oxygen atoms in total. The molecule has 1 aromatic heterocycles. The van der Waals surface area contributed by atoms with Crippen LogP contribution in [-0.2, 0) is 5.41 Å². The summed E-state index contributed by atoms with van der Waals surface area (Å²) in [4.78, 5) is 2.78. The van der Waals surface area contributed by atoms with Gasteiger partial charge >= 0.3 is 0 Å². The molecule has 3 heteroatoms. The van der Waals surface area contributed by atoms with E-state index in [2.05, 4.69) is 18.8 Å². The molecule has 0 saturated heterocycles. The predicted molar refractivity (Wildman–Crippen MR) is 67.1 cm³/mol. The summed E-state index contributed by atoms with van der Waals surface area (Å²) in [5.41, 5.74) is 0.172. The van der Waals surface area contributed by atoms with Crippen molar-refractivity contribution in [2.75, 3.05) is 0 Å². The van der Waals surface area contributed by atoms with Gasteiger partial charge in [0.1, 0.15) is 0 Å². The van der Waals surface area contributed by atoms with Gasteiger partial charge < -0.3 is 4.98 Å². The van der Waals surface area contributed by atoms with Gasteiger partial charge in [-0.25, -0.2) is 8.78 Å². The lowest BCUT2D eigenvalue weighted by Crippen LogP contribution is -2.23. The van der Waals surface area contributed by atoms with Gasteiger partial charge in [0.15, 0.2) is 11.6 Å². The van der Waals surface area contributed by atoms with E-state index in [9.17, 15) is 8.78 Å². The van der Waals surface area contributed by atoms with Crippen molar-refractivity contribution in [2.45, 2.75) is 64.7 Å². The Labute approximate surface area is 103 Å². The molecule has 17 heavy (non-hydrogen) atoms. The number of rotatable bonds is 7. The second kappa shape index (κ2) is 6.18. The van der Waals surface area contributed by atoms with Crippen molar-refractivity contribution in [3.63, 3.8) is 0 Å². The lowest BCUT2D eigenvalue weighted by atomic mass is 9.77. The number of aromatic nitrogens is 1. The molecule has 0 fully saturated rings. The van der Waals surface area contributed by atoms with Crippen LogP contribution in [0.3, 0.4) is 0 Å². The lowest BCUT2D eigenvalue weighted by molar-refractivity contribution is 0.352. The standard InChI is InChI=1S/C14H23F2N/c1-4-6-7-9-14(3,8-5-2)13-12(16)11(15)10-17-13/h10,17H,4-9H2,1-3H3. The topological polar surface area (TPSA) is 15.8 Å². The maximum Gasteiger partial charge on any atom is 0.180 e. The highest BCUT2D eigenvalue weighted by Gasteiger charge is 2.31. The van der Waals surface area contributed by atoms with Gasteiger partial charge in [-0.05, 0) is 12.8 Å². The molecule has 0 radical (unpaired) electrons. The highest BCUT2D eigenvalue weighted by molar-refractivity contribution is 5.20. The van der Waals surface area contributed by atoms with Crippen molar-refractivity contribution >= 4 is 0 Å². The first-order valence-corrected chi connectivity index (χ1v) is 6.58. The molecule has 1 atom stereocenters. The number of nitrogens with one attached hydrogen (secondary N) is 1. The second-order valence-corrected chi connectivity index (χ2v) is 5.09. The third-order valence-corrected chi connectivity index (χ3v) is 3.51. The molecular formula is C14H23F2N. The summed E-state index contributed by atoms with van der Waals surface area (Å²) in [6, 6.07) is 0. The average molecular weight is 243 g/mol. The Morgan fingerprint density at radius 3 is 2.29 bits per heavy atom. The van der Waals surface area contributed by atoms with Crippen LogP contribution < -0.4 is 0 Å². The van der Waals surface area contributed by atoms with Crippen LogP contribution in [0.2, 0.25) is 0 Å². The van der Waals surface area contributed by atoms with Gasteiger partial charge in [-0.3, -0.25) is 0 Å². The molecule has 1 unspecified atom stereocenters. The number of H-pyrrole nitrogens is 1. The van der Waals surface area contributed by atoms with Crippen LogP contribution in [0, 0.1) is 11.6 Å². The van der Waals surface area contributed by atoms with Crippen molar-refractivity contribution in [3.8, 4) is 0 Å². The zero-order valence-corrected chi connectivity index (χ0v) is 11.1. The number of aromatic amines is 1. The monoisotopic (exact) mass is 243 g/mol. The fourth-order valence-electron chi connectivity index (χ4n) is 2.51. The van der Waals surface area contributed by atoms with Crippen LogP contribution in [0.4, 0.5) is 8.78 Å². The molecular weight excluding hydrogens is 220 g/mol. The summed E-state index contributed by atoms with van der Waals surface area (Å²) >= 11 is 0. The summed E-state index contributed by atoms with van der Waals surface area (Å²) in [7, 11) is 0. The van der Waals surface area contributed by atoms with E-state index in [0.29, 0.717) is 5.69 Å². The maximum atomic E-state index is 13.7. The van der Waals surface area contributed by atoms with E-state index in [1.54, 1.807) is 0 Å². The molecule has 0 saturated carbocycles. The van der Waals surface area contributed by atoms with Gasteiger partial charge in [0, 0.05) is 11.6 Å². The number of halogens is 2. The zero-order chi connectivity index (χ0) is 12.9. The van der Waals surface area contributed by atoms with Crippen molar-refractivity contribution in [3.05, 3.63) is 23.5 Å².